The van der Waals surface area contributed by atoms with Crippen molar-refractivity contribution in [1.29, 1.82) is 0 Å². The molecule has 5 heteroatoms. The third kappa shape index (κ3) is 1.55. The van der Waals surface area contributed by atoms with Gasteiger partial charge in [0.25, 0.3) is 0 Å². The van der Waals surface area contributed by atoms with Crippen molar-refractivity contribution < 1.29 is 0 Å². The highest BCUT2D eigenvalue weighted by molar-refractivity contribution is 7.13. The average molecular weight is 230 g/mol. The lowest BCUT2D eigenvalue weighted by Gasteiger charge is -2.01. The van der Waals surface area contributed by atoms with Gasteiger partial charge in [0.2, 0.25) is 0 Å². The lowest BCUT2D eigenvalue weighted by Crippen LogP contribution is -1.99. The van der Waals surface area contributed by atoms with Crippen LogP contribution >= 0.6 is 11.5 Å². The van der Waals surface area contributed by atoms with Gasteiger partial charge < -0.3 is 5.73 Å². The molecule has 0 fully saturated rings. The monoisotopic (exact) mass is 230 g/mol. The van der Waals surface area contributed by atoms with Crippen molar-refractivity contribution in [2.75, 3.05) is 5.73 Å². The SMILES string of the molecule is Nc1nsc2cc(Cn3cccn3)ccc12. The Balaban J connectivity index is 1.99. The molecule has 2 N–H and O–H groups in total. The Hall–Kier alpha value is -1.88. The molecular weight excluding hydrogens is 220 g/mol. The first-order valence-corrected chi connectivity index (χ1v) is 5.71. The summed E-state index contributed by atoms with van der Waals surface area (Å²) in [4.78, 5) is 0. The van der Waals surface area contributed by atoms with Gasteiger partial charge >= 0.3 is 0 Å². The molecule has 0 unspecified atom stereocenters. The number of aromatic nitrogens is 3. The summed E-state index contributed by atoms with van der Waals surface area (Å²) in [6.07, 6.45) is 3.73. The molecule has 0 atom stereocenters. The van der Waals surface area contributed by atoms with E-state index in [1.165, 1.54) is 17.1 Å². The zero-order valence-corrected chi connectivity index (χ0v) is 9.31. The van der Waals surface area contributed by atoms with Crippen molar-refractivity contribution in [3.8, 4) is 0 Å². The Bertz CT molecular complexity index is 612. The van der Waals surface area contributed by atoms with Crippen molar-refractivity contribution >= 4 is 27.4 Å². The van der Waals surface area contributed by atoms with E-state index in [9.17, 15) is 0 Å². The molecule has 80 valence electrons. The molecule has 3 rings (SSSR count). The summed E-state index contributed by atoms with van der Waals surface area (Å²) in [6.45, 7) is 0.779. The fraction of sp³-hybridized carbons (Fsp3) is 0.0909. The summed E-state index contributed by atoms with van der Waals surface area (Å²) in [7, 11) is 0. The van der Waals surface area contributed by atoms with Gasteiger partial charge in [0.05, 0.1) is 11.2 Å². The van der Waals surface area contributed by atoms with Crippen molar-refractivity contribution in [3.63, 3.8) is 0 Å². The maximum atomic E-state index is 5.74. The first-order chi connectivity index (χ1) is 7.83. The largest absolute Gasteiger partial charge is 0.382 e. The number of nitrogens with two attached hydrogens (primary N) is 1. The molecule has 16 heavy (non-hydrogen) atoms. The van der Waals surface area contributed by atoms with Gasteiger partial charge in [0.1, 0.15) is 5.82 Å². The molecular formula is C11H10N4S. The van der Waals surface area contributed by atoms with E-state index < -0.39 is 0 Å². The smallest absolute Gasteiger partial charge is 0.144 e. The Labute approximate surface area is 96.5 Å². The van der Waals surface area contributed by atoms with Crippen LogP contribution < -0.4 is 5.73 Å². The average Bonchev–Trinajstić information content (AvgIpc) is 2.90. The number of hydrogen-bond donors (Lipinski definition) is 1. The van der Waals surface area contributed by atoms with Crippen LogP contribution in [-0.4, -0.2) is 14.2 Å². The molecule has 0 aliphatic rings. The minimum Gasteiger partial charge on any atom is -0.382 e. The molecule has 0 saturated heterocycles. The number of hydrogen-bond acceptors (Lipinski definition) is 4. The third-order valence-corrected chi connectivity index (χ3v) is 3.29. The lowest BCUT2D eigenvalue weighted by molar-refractivity contribution is 0.687. The van der Waals surface area contributed by atoms with Crippen LogP contribution in [0, 0.1) is 0 Å². The van der Waals surface area contributed by atoms with Gasteiger partial charge in [-0.1, -0.05) is 6.07 Å². The van der Waals surface area contributed by atoms with Gasteiger partial charge in [0, 0.05) is 17.8 Å². The van der Waals surface area contributed by atoms with Gasteiger partial charge in [-0.2, -0.15) is 9.47 Å². The van der Waals surface area contributed by atoms with E-state index in [0.717, 1.165) is 16.6 Å². The number of fused-ring (bicyclic) bond motifs is 1. The molecule has 0 aliphatic heterocycles. The van der Waals surface area contributed by atoms with Crippen LogP contribution in [0.2, 0.25) is 0 Å². The fourth-order valence-electron chi connectivity index (χ4n) is 1.68. The van der Waals surface area contributed by atoms with Gasteiger partial charge in [-0.15, -0.1) is 0 Å². The number of nitrogen functional groups attached to an aromatic ring is 1. The minimum absolute atomic E-state index is 0.616. The molecule has 0 bridgehead atoms. The molecule has 0 spiro atoms. The highest BCUT2D eigenvalue weighted by Gasteiger charge is 2.03. The Kier molecular flexibility index (Phi) is 2.11. The molecule has 2 heterocycles. The van der Waals surface area contributed by atoms with Crippen LogP contribution in [0.5, 0.6) is 0 Å². The van der Waals surface area contributed by atoms with Crippen LogP contribution in [0.15, 0.2) is 36.7 Å². The first-order valence-electron chi connectivity index (χ1n) is 4.94. The van der Waals surface area contributed by atoms with Gasteiger partial charge in [-0.05, 0) is 35.3 Å². The van der Waals surface area contributed by atoms with Gasteiger partial charge in [-0.3, -0.25) is 4.68 Å². The normalized spacial score (nSPS) is 11.0. The standard InChI is InChI=1S/C11H10N4S/c12-11-9-3-2-8(6-10(9)16-14-11)7-15-5-1-4-13-15/h1-6H,7H2,(H2,12,14). The topological polar surface area (TPSA) is 56.7 Å². The van der Waals surface area contributed by atoms with Crippen molar-refractivity contribution in [2.24, 2.45) is 0 Å². The molecule has 0 radical (unpaired) electrons. The van der Waals surface area contributed by atoms with E-state index in [2.05, 4.69) is 21.6 Å². The molecule has 2 aromatic heterocycles. The summed E-state index contributed by atoms with van der Waals surface area (Å²) in [5, 5.41) is 5.21. The summed E-state index contributed by atoms with van der Waals surface area (Å²) in [5.41, 5.74) is 6.95. The number of nitrogens with zero attached hydrogens (tertiary/aromatic N) is 3. The highest BCUT2D eigenvalue weighted by atomic mass is 32.1. The molecule has 1 aromatic carbocycles. The van der Waals surface area contributed by atoms with Gasteiger partial charge in [0.15, 0.2) is 0 Å². The third-order valence-electron chi connectivity index (χ3n) is 2.47. The molecule has 0 aliphatic carbocycles. The van der Waals surface area contributed by atoms with Gasteiger partial charge in [-0.25, -0.2) is 0 Å². The summed E-state index contributed by atoms with van der Waals surface area (Å²) >= 11 is 1.44. The van der Waals surface area contributed by atoms with E-state index in [-0.39, 0.29) is 0 Å². The zero-order valence-electron chi connectivity index (χ0n) is 8.50. The Morgan fingerprint density at radius 1 is 1.38 bits per heavy atom. The van der Waals surface area contributed by atoms with Crippen LogP contribution in [-0.2, 0) is 6.54 Å². The summed E-state index contributed by atoms with van der Waals surface area (Å²) in [6, 6.07) is 8.12. The second-order valence-electron chi connectivity index (χ2n) is 3.60. The second kappa shape index (κ2) is 3.61. The maximum absolute atomic E-state index is 5.74. The quantitative estimate of drug-likeness (QED) is 0.733. The highest BCUT2D eigenvalue weighted by Crippen LogP contribution is 2.25. The molecule has 3 aromatic rings. The predicted octanol–water partition coefficient (Wildman–Crippen LogP) is 2.12. The van der Waals surface area contributed by atoms with E-state index >= 15 is 0 Å². The van der Waals surface area contributed by atoms with Crippen LogP contribution in [0.3, 0.4) is 0 Å². The summed E-state index contributed by atoms with van der Waals surface area (Å²) in [5.74, 6) is 0.616. The molecule has 0 amide bonds. The molecule has 0 saturated carbocycles. The maximum Gasteiger partial charge on any atom is 0.144 e. The second-order valence-corrected chi connectivity index (χ2v) is 4.41. The minimum atomic E-state index is 0.616. The number of benzene rings is 1. The van der Waals surface area contributed by atoms with Crippen molar-refractivity contribution in [1.82, 2.24) is 14.2 Å². The number of anilines is 1. The van der Waals surface area contributed by atoms with E-state index in [1.807, 2.05) is 23.0 Å². The molecule has 4 nitrogen and oxygen atoms in total. The predicted molar refractivity (Wildman–Crippen MR) is 65.4 cm³/mol. The summed E-state index contributed by atoms with van der Waals surface area (Å²) < 4.78 is 7.15. The van der Waals surface area contributed by atoms with Crippen LogP contribution in [0.25, 0.3) is 10.1 Å². The van der Waals surface area contributed by atoms with Crippen molar-refractivity contribution in [2.45, 2.75) is 6.54 Å². The van der Waals surface area contributed by atoms with Crippen LogP contribution in [0.4, 0.5) is 5.82 Å². The van der Waals surface area contributed by atoms with Crippen LogP contribution in [0.1, 0.15) is 5.56 Å². The lowest BCUT2D eigenvalue weighted by atomic mass is 10.2. The first kappa shape index (κ1) is 9.35. The van der Waals surface area contributed by atoms with E-state index in [1.54, 1.807) is 6.20 Å². The number of rotatable bonds is 2. The zero-order chi connectivity index (χ0) is 11.0. The van der Waals surface area contributed by atoms with E-state index in [4.69, 9.17) is 5.73 Å². The van der Waals surface area contributed by atoms with Crippen molar-refractivity contribution in [3.05, 3.63) is 42.2 Å². The van der Waals surface area contributed by atoms with E-state index in [0.29, 0.717) is 5.82 Å². The Morgan fingerprint density at radius 3 is 3.12 bits per heavy atom. The Morgan fingerprint density at radius 2 is 2.31 bits per heavy atom. The fourth-order valence-corrected chi connectivity index (χ4v) is 2.45.